The van der Waals surface area contributed by atoms with E-state index in [2.05, 4.69) is 38.0 Å². The molecule has 2 unspecified atom stereocenters. The van der Waals surface area contributed by atoms with Gasteiger partial charge < -0.3 is 10.2 Å². The lowest BCUT2D eigenvalue weighted by Gasteiger charge is -2.47. The molecule has 0 amide bonds. The zero-order valence-corrected chi connectivity index (χ0v) is 12.1. The van der Waals surface area contributed by atoms with Crippen LogP contribution in [0, 0.1) is 11.3 Å². The molecule has 2 fully saturated rings. The molecule has 1 saturated carbocycles. The third-order valence-electron chi connectivity index (χ3n) is 4.81. The summed E-state index contributed by atoms with van der Waals surface area (Å²) in [6.45, 7) is 9.48. The van der Waals surface area contributed by atoms with Crippen LogP contribution in [0.5, 0.6) is 0 Å². The minimum absolute atomic E-state index is 0.388. The summed E-state index contributed by atoms with van der Waals surface area (Å²) in [4.78, 5) is 2.59. The van der Waals surface area contributed by atoms with Crippen LogP contribution in [-0.2, 0) is 0 Å². The maximum atomic E-state index is 3.83. The van der Waals surface area contributed by atoms with Gasteiger partial charge in [0, 0.05) is 25.2 Å². The molecule has 17 heavy (non-hydrogen) atoms. The molecule has 1 aliphatic heterocycles. The minimum Gasteiger partial charge on any atom is -0.311 e. The van der Waals surface area contributed by atoms with Gasteiger partial charge >= 0.3 is 0 Å². The lowest BCUT2D eigenvalue weighted by Crippen LogP contribution is -2.61. The van der Waals surface area contributed by atoms with E-state index in [4.69, 9.17) is 0 Å². The van der Waals surface area contributed by atoms with Crippen molar-refractivity contribution in [3.05, 3.63) is 0 Å². The van der Waals surface area contributed by atoms with Gasteiger partial charge in [0.1, 0.15) is 0 Å². The van der Waals surface area contributed by atoms with Gasteiger partial charge in [0.25, 0.3) is 0 Å². The highest BCUT2D eigenvalue weighted by atomic mass is 15.2. The first-order valence-corrected chi connectivity index (χ1v) is 7.42. The normalized spacial score (nSPS) is 33.9. The molecule has 0 spiro atoms. The second-order valence-electron chi connectivity index (χ2n) is 7.23. The van der Waals surface area contributed by atoms with Crippen LogP contribution in [0.15, 0.2) is 0 Å². The van der Waals surface area contributed by atoms with Crippen LogP contribution in [0.2, 0.25) is 0 Å². The molecule has 0 aromatic heterocycles. The van der Waals surface area contributed by atoms with Crippen molar-refractivity contribution in [2.45, 2.75) is 65.0 Å². The predicted octanol–water partition coefficient (Wildman–Crippen LogP) is 2.89. The molecule has 1 N–H and O–H groups in total. The fraction of sp³-hybridized carbons (Fsp3) is 1.00. The Kier molecular flexibility index (Phi) is 4.14. The quantitative estimate of drug-likeness (QED) is 0.755. The molecule has 0 bridgehead atoms. The highest BCUT2D eigenvalue weighted by Gasteiger charge is 2.36. The lowest BCUT2D eigenvalue weighted by atomic mass is 9.79. The number of hydrogen-bond acceptors (Lipinski definition) is 2. The number of likely N-dealkylation sites (N-methyl/N-ethyl adjacent to an activating group) is 1. The molecule has 2 rings (SSSR count). The Hall–Kier alpha value is -0.0800. The summed E-state index contributed by atoms with van der Waals surface area (Å²) in [5.41, 5.74) is 0.388. The van der Waals surface area contributed by atoms with E-state index in [1.807, 2.05) is 0 Å². The third kappa shape index (κ3) is 3.23. The van der Waals surface area contributed by atoms with Crippen molar-refractivity contribution in [1.29, 1.82) is 0 Å². The van der Waals surface area contributed by atoms with E-state index in [1.165, 1.54) is 45.2 Å². The summed E-state index contributed by atoms with van der Waals surface area (Å²) in [5.74, 6) is 0.937. The number of nitrogens with zero attached hydrogens (tertiary/aromatic N) is 1. The van der Waals surface area contributed by atoms with Gasteiger partial charge in [0.05, 0.1) is 0 Å². The second-order valence-corrected chi connectivity index (χ2v) is 7.23. The van der Waals surface area contributed by atoms with Crippen LogP contribution < -0.4 is 5.32 Å². The molecule has 1 aliphatic carbocycles. The number of piperazine rings is 1. The van der Waals surface area contributed by atoms with Gasteiger partial charge in [0.15, 0.2) is 0 Å². The predicted molar refractivity (Wildman–Crippen MR) is 74.2 cm³/mol. The number of nitrogens with one attached hydrogen (secondary N) is 1. The van der Waals surface area contributed by atoms with Crippen molar-refractivity contribution in [1.82, 2.24) is 10.2 Å². The molecule has 0 aromatic rings. The fourth-order valence-electron chi connectivity index (χ4n) is 3.74. The molecule has 1 saturated heterocycles. The van der Waals surface area contributed by atoms with Crippen LogP contribution >= 0.6 is 0 Å². The van der Waals surface area contributed by atoms with E-state index in [1.54, 1.807) is 0 Å². The highest BCUT2D eigenvalue weighted by Crippen LogP contribution is 2.31. The van der Waals surface area contributed by atoms with Crippen LogP contribution in [0.25, 0.3) is 0 Å². The van der Waals surface area contributed by atoms with E-state index in [0.717, 1.165) is 12.0 Å². The zero-order valence-electron chi connectivity index (χ0n) is 12.1. The Bertz CT molecular complexity index is 238. The standard InChI is InChI=1S/C15H30N2/c1-15(2,3)14-10-16-13(11-17(14)4)12-8-6-5-7-9-12/h12-14,16H,5-11H2,1-4H3. The van der Waals surface area contributed by atoms with Crippen LogP contribution in [-0.4, -0.2) is 37.1 Å². The first-order chi connectivity index (χ1) is 7.98. The molecule has 2 nitrogen and oxygen atoms in total. The molecule has 100 valence electrons. The van der Waals surface area contributed by atoms with Gasteiger partial charge in [-0.05, 0) is 31.2 Å². The monoisotopic (exact) mass is 238 g/mol. The first-order valence-electron chi connectivity index (χ1n) is 7.42. The molecular weight excluding hydrogens is 208 g/mol. The van der Waals surface area contributed by atoms with Crippen LogP contribution in [0.4, 0.5) is 0 Å². The second kappa shape index (κ2) is 5.27. The summed E-state index contributed by atoms with van der Waals surface area (Å²) in [5, 5.41) is 3.83. The third-order valence-corrected chi connectivity index (χ3v) is 4.81. The summed E-state index contributed by atoms with van der Waals surface area (Å²) >= 11 is 0. The van der Waals surface area contributed by atoms with Gasteiger partial charge in [-0.25, -0.2) is 0 Å². The molecule has 2 atom stereocenters. The largest absolute Gasteiger partial charge is 0.311 e. The fourth-order valence-corrected chi connectivity index (χ4v) is 3.74. The minimum atomic E-state index is 0.388. The molecular formula is C15H30N2. The molecule has 0 radical (unpaired) electrons. The molecule has 0 aromatic carbocycles. The van der Waals surface area contributed by atoms with Crippen LogP contribution in [0.1, 0.15) is 52.9 Å². The van der Waals surface area contributed by atoms with Gasteiger partial charge in [-0.3, -0.25) is 0 Å². The van der Waals surface area contributed by atoms with Gasteiger partial charge in [-0.15, -0.1) is 0 Å². The molecule has 2 heteroatoms. The van der Waals surface area contributed by atoms with E-state index >= 15 is 0 Å². The van der Waals surface area contributed by atoms with Crippen LogP contribution in [0.3, 0.4) is 0 Å². The first kappa shape index (κ1) is 13.4. The van der Waals surface area contributed by atoms with E-state index in [0.29, 0.717) is 11.5 Å². The number of rotatable bonds is 1. The van der Waals surface area contributed by atoms with Crippen molar-refractivity contribution in [2.24, 2.45) is 11.3 Å². The Labute approximate surface area is 107 Å². The highest BCUT2D eigenvalue weighted by molar-refractivity contribution is 4.93. The van der Waals surface area contributed by atoms with Crippen molar-refractivity contribution in [3.63, 3.8) is 0 Å². The zero-order chi connectivity index (χ0) is 12.5. The lowest BCUT2D eigenvalue weighted by molar-refractivity contribution is 0.0580. The van der Waals surface area contributed by atoms with Crippen molar-refractivity contribution >= 4 is 0 Å². The maximum absolute atomic E-state index is 3.83. The Morgan fingerprint density at radius 3 is 2.24 bits per heavy atom. The average molecular weight is 238 g/mol. The Morgan fingerprint density at radius 2 is 1.71 bits per heavy atom. The van der Waals surface area contributed by atoms with Gasteiger partial charge in [0.2, 0.25) is 0 Å². The van der Waals surface area contributed by atoms with Crippen molar-refractivity contribution in [3.8, 4) is 0 Å². The average Bonchev–Trinajstić information content (AvgIpc) is 2.28. The maximum Gasteiger partial charge on any atom is 0.0266 e. The smallest absolute Gasteiger partial charge is 0.0266 e. The number of hydrogen-bond donors (Lipinski definition) is 1. The summed E-state index contributed by atoms with van der Waals surface area (Å²) in [7, 11) is 2.31. The van der Waals surface area contributed by atoms with E-state index in [9.17, 15) is 0 Å². The van der Waals surface area contributed by atoms with Gasteiger partial charge in [-0.2, -0.15) is 0 Å². The van der Waals surface area contributed by atoms with Gasteiger partial charge in [-0.1, -0.05) is 40.0 Å². The topological polar surface area (TPSA) is 15.3 Å². The molecule has 1 heterocycles. The van der Waals surface area contributed by atoms with Crippen molar-refractivity contribution < 1.29 is 0 Å². The van der Waals surface area contributed by atoms with E-state index in [-0.39, 0.29) is 0 Å². The molecule has 2 aliphatic rings. The summed E-state index contributed by atoms with van der Waals surface area (Å²) in [6.07, 6.45) is 7.27. The Morgan fingerprint density at radius 1 is 1.06 bits per heavy atom. The Balaban J connectivity index is 1.90. The summed E-state index contributed by atoms with van der Waals surface area (Å²) < 4.78 is 0. The van der Waals surface area contributed by atoms with E-state index < -0.39 is 0 Å². The summed E-state index contributed by atoms with van der Waals surface area (Å²) in [6, 6.07) is 1.43. The van der Waals surface area contributed by atoms with Crippen molar-refractivity contribution in [2.75, 3.05) is 20.1 Å². The SMILES string of the molecule is CN1CC(C2CCCCC2)NCC1C(C)(C)C.